The second kappa shape index (κ2) is 8.40. The van der Waals surface area contributed by atoms with Crippen LogP contribution in [0.25, 0.3) is 11.0 Å². The Morgan fingerprint density at radius 1 is 1.14 bits per heavy atom. The first-order valence-electron chi connectivity index (χ1n) is 12.1. The van der Waals surface area contributed by atoms with Crippen LogP contribution in [0.2, 0.25) is 0 Å². The Labute approximate surface area is 206 Å². The second-order valence-corrected chi connectivity index (χ2v) is 9.43. The summed E-state index contributed by atoms with van der Waals surface area (Å²) in [5.74, 6) is 2.55. The van der Waals surface area contributed by atoms with Gasteiger partial charge in [-0.05, 0) is 66.1 Å². The molecule has 2 aliphatic rings. The van der Waals surface area contributed by atoms with Crippen LogP contribution in [0.1, 0.15) is 58.8 Å². The highest BCUT2D eigenvalue weighted by molar-refractivity contribution is 5.76. The maximum absolute atomic E-state index is 13.1. The van der Waals surface area contributed by atoms with Gasteiger partial charge in [0, 0.05) is 17.7 Å². The van der Waals surface area contributed by atoms with E-state index in [0.717, 1.165) is 48.5 Å². The van der Waals surface area contributed by atoms with Gasteiger partial charge >= 0.3 is 6.18 Å². The molecule has 0 bridgehead atoms. The minimum atomic E-state index is -4.39. The number of H-pyrrole nitrogens is 1. The highest BCUT2D eigenvalue weighted by atomic mass is 19.4. The fourth-order valence-corrected chi connectivity index (χ4v) is 5.38. The molecule has 2 aromatic carbocycles. The van der Waals surface area contributed by atoms with Gasteiger partial charge in [-0.15, -0.1) is 0 Å². The molecule has 1 fully saturated rings. The lowest BCUT2D eigenvalue weighted by molar-refractivity contribution is -0.137. The molecular formula is C28H25F3N4O. The number of hydrogen-bond donors (Lipinski definition) is 2. The fraction of sp³-hybridized carbons (Fsp3) is 0.286. The number of aromatic amines is 1. The third-order valence-electron chi connectivity index (χ3n) is 7.08. The highest BCUT2D eigenvalue weighted by Gasteiger charge is 2.61. The van der Waals surface area contributed by atoms with Gasteiger partial charge in [-0.1, -0.05) is 32.1 Å². The quantitative estimate of drug-likeness (QED) is 0.302. The van der Waals surface area contributed by atoms with Crippen molar-refractivity contribution in [3.05, 3.63) is 95.1 Å². The Morgan fingerprint density at radius 3 is 2.78 bits per heavy atom. The number of ether oxygens (including phenoxy) is 1. The first-order valence-corrected chi connectivity index (χ1v) is 12.1. The van der Waals surface area contributed by atoms with Crippen molar-refractivity contribution in [1.29, 1.82) is 0 Å². The van der Waals surface area contributed by atoms with Crippen LogP contribution in [0.4, 0.5) is 19.0 Å². The molecule has 1 aliphatic heterocycles. The molecule has 0 amide bonds. The molecule has 2 aromatic heterocycles. The van der Waals surface area contributed by atoms with Crippen molar-refractivity contribution in [1.82, 2.24) is 15.0 Å². The minimum Gasteiger partial charge on any atom is -0.489 e. The van der Waals surface area contributed by atoms with Crippen molar-refractivity contribution in [3.63, 3.8) is 0 Å². The minimum absolute atomic E-state index is 0.00876. The van der Waals surface area contributed by atoms with E-state index >= 15 is 0 Å². The molecule has 8 heteroatoms. The molecule has 2 N–H and O–H groups in total. The van der Waals surface area contributed by atoms with Gasteiger partial charge < -0.3 is 15.0 Å². The summed E-state index contributed by atoms with van der Waals surface area (Å²) in [4.78, 5) is 12.2. The van der Waals surface area contributed by atoms with Gasteiger partial charge in [-0.2, -0.15) is 13.2 Å². The van der Waals surface area contributed by atoms with E-state index in [0.29, 0.717) is 16.9 Å². The molecule has 5 nitrogen and oxygen atoms in total. The fourth-order valence-electron chi connectivity index (χ4n) is 5.38. The highest BCUT2D eigenvalue weighted by Crippen LogP contribution is 2.63. The number of halogens is 3. The van der Waals surface area contributed by atoms with Crippen LogP contribution in [0.5, 0.6) is 5.75 Å². The number of nitrogens with one attached hydrogen (secondary N) is 2. The van der Waals surface area contributed by atoms with Crippen LogP contribution < -0.4 is 10.1 Å². The van der Waals surface area contributed by atoms with Crippen molar-refractivity contribution < 1.29 is 17.9 Å². The summed E-state index contributed by atoms with van der Waals surface area (Å²) in [5, 5.41) is 3.15. The molecule has 184 valence electrons. The summed E-state index contributed by atoms with van der Waals surface area (Å²) in [6, 6.07) is 12.0. The summed E-state index contributed by atoms with van der Waals surface area (Å²) >= 11 is 0. The molecule has 0 spiro atoms. The van der Waals surface area contributed by atoms with Crippen LogP contribution in [0.3, 0.4) is 0 Å². The zero-order chi connectivity index (χ0) is 25.0. The zero-order valence-electron chi connectivity index (χ0n) is 19.7. The second-order valence-electron chi connectivity index (χ2n) is 9.43. The van der Waals surface area contributed by atoms with E-state index in [-0.39, 0.29) is 17.9 Å². The Morgan fingerprint density at radius 2 is 2.00 bits per heavy atom. The number of rotatable bonds is 7. The Bertz CT molecular complexity index is 1480. The molecule has 0 radical (unpaired) electrons. The van der Waals surface area contributed by atoms with E-state index in [4.69, 9.17) is 4.74 Å². The topological polar surface area (TPSA) is 62.8 Å². The molecule has 3 heterocycles. The standard InChI is InChI=1S/C28H25F3N4O/c1-3-5-18-16(10-11-33-26(18)32-4-2)12-15-6-9-22-19(13-15)23-24(25(23)36-22)27-34-20-8-7-17(28(29,30)31)14-21(20)35-27/h4,6-11,13-14,23-25H,2-3,5,12H2,1H3,(H,32,33)(H,34,35)/t23-,24-,25?/m0/s1. The van der Waals surface area contributed by atoms with Crippen LogP contribution in [0.15, 0.2) is 61.4 Å². The van der Waals surface area contributed by atoms with Gasteiger partial charge in [0.2, 0.25) is 0 Å². The lowest BCUT2D eigenvalue weighted by Crippen LogP contribution is -2.04. The largest absolute Gasteiger partial charge is 0.489 e. The van der Waals surface area contributed by atoms with E-state index in [2.05, 4.69) is 52.0 Å². The maximum atomic E-state index is 13.1. The third kappa shape index (κ3) is 3.81. The van der Waals surface area contributed by atoms with Crippen LogP contribution in [-0.2, 0) is 19.0 Å². The van der Waals surface area contributed by atoms with Crippen molar-refractivity contribution in [2.75, 3.05) is 5.32 Å². The molecule has 1 unspecified atom stereocenters. The van der Waals surface area contributed by atoms with Crippen molar-refractivity contribution in [2.24, 2.45) is 0 Å². The van der Waals surface area contributed by atoms with E-state index in [1.54, 1.807) is 6.20 Å². The van der Waals surface area contributed by atoms with E-state index in [9.17, 15) is 13.2 Å². The van der Waals surface area contributed by atoms with Crippen LogP contribution >= 0.6 is 0 Å². The number of pyridine rings is 1. The smallest absolute Gasteiger partial charge is 0.416 e. The number of imidazole rings is 1. The third-order valence-corrected chi connectivity index (χ3v) is 7.08. The molecular weight excluding hydrogens is 465 g/mol. The lowest BCUT2D eigenvalue weighted by Gasteiger charge is -2.14. The molecule has 36 heavy (non-hydrogen) atoms. The van der Waals surface area contributed by atoms with Crippen LogP contribution in [-0.4, -0.2) is 21.1 Å². The van der Waals surface area contributed by atoms with E-state index in [1.807, 2.05) is 12.3 Å². The maximum Gasteiger partial charge on any atom is 0.416 e. The lowest BCUT2D eigenvalue weighted by atomic mass is 9.96. The van der Waals surface area contributed by atoms with Gasteiger partial charge in [-0.25, -0.2) is 9.97 Å². The summed E-state index contributed by atoms with van der Waals surface area (Å²) in [6.07, 6.45) is 1.73. The summed E-state index contributed by atoms with van der Waals surface area (Å²) in [6.45, 7) is 5.91. The molecule has 1 aliphatic carbocycles. The van der Waals surface area contributed by atoms with Gasteiger partial charge in [0.1, 0.15) is 23.5 Å². The molecule has 4 aromatic rings. The van der Waals surface area contributed by atoms with E-state index in [1.165, 1.54) is 22.8 Å². The summed E-state index contributed by atoms with van der Waals surface area (Å²) in [5.41, 5.74) is 4.96. The Kier molecular flexibility index (Phi) is 5.28. The number of fused-ring (bicyclic) bond motifs is 4. The van der Waals surface area contributed by atoms with Gasteiger partial charge in [0.25, 0.3) is 0 Å². The van der Waals surface area contributed by atoms with Crippen molar-refractivity contribution >= 4 is 16.9 Å². The number of alkyl halides is 3. The SMILES string of the molecule is C=CNc1nccc(Cc2ccc3c(c2)[C@@H]2C(O3)[C@H]2c2nc3ccc(C(F)(F)F)cc3[nH]2)c1CCC. The summed E-state index contributed by atoms with van der Waals surface area (Å²) < 4.78 is 45.5. The average molecular weight is 491 g/mol. The number of benzene rings is 2. The van der Waals surface area contributed by atoms with Gasteiger partial charge in [0.15, 0.2) is 0 Å². The number of nitrogens with zero attached hydrogens (tertiary/aromatic N) is 2. The van der Waals surface area contributed by atoms with Gasteiger partial charge in [-0.3, -0.25) is 0 Å². The molecule has 3 atom stereocenters. The molecule has 6 rings (SSSR count). The first-order chi connectivity index (χ1) is 17.4. The predicted molar refractivity (Wildman–Crippen MR) is 132 cm³/mol. The normalized spacial score (nSPS) is 20.1. The van der Waals surface area contributed by atoms with E-state index < -0.39 is 11.7 Å². The van der Waals surface area contributed by atoms with Crippen molar-refractivity contribution in [2.45, 2.75) is 50.3 Å². The number of hydrogen-bond acceptors (Lipinski definition) is 4. The molecule has 0 saturated heterocycles. The monoisotopic (exact) mass is 490 g/mol. The number of anilines is 1. The Balaban J connectivity index is 1.26. The van der Waals surface area contributed by atoms with Gasteiger partial charge in [0.05, 0.1) is 22.5 Å². The summed E-state index contributed by atoms with van der Waals surface area (Å²) in [7, 11) is 0. The Hall–Kier alpha value is -3.81. The number of aromatic nitrogens is 3. The molecule has 1 saturated carbocycles. The first kappa shape index (κ1) is 22.6. The van der Waals surface area contributed by atoms with Crippen LogP contribution in [0, 0.1) is 0 Å². The predicted octanol–water partition coefficient (Wildman–Crippen LogP) is 6.72. The zero-order valence-corrected chi connectivity index (χ0v) is 19.7. The van der Waals surface area contributed by atoms with Crippen molar-refractivity contribution in [3.8, 4) is 5.75 Å². The average Bonchev–Trinajstić information content (AvgIpc) is 3.19.